The van der Waals surface area contributed by atoms with Gasteiger partial charge >= 0.3 is 0 Å². The van der Waals surface area contributed by atoms with Crippen molar-refractivity contribution in [3.05, 3.63) is 82.1 Å². The molecule has 1 unspecified atom stereocenters. The lowest BCUT2D eigenvalue weighted by atomic mass is 9.93. The maximum absolute atomic E-state index is 14.6. The Hall–Kier alpha value is -3.24. The number of nitrogens with zero attached hydrogens (tertiary/aromatic N) is 8. The average Bonchev–Trinajstić information content (AvgIpc) is 3.58. The Morgan fingerprint density at radius 1 is 1.06 bits per heavy atom. The Labute approximate surface area is 214 Å². The zero-order chi connectivity index (χ0) is 24.4. The van der Waals surface area contributed by atoms with Crippen molar-refractivity contribution in [2.24, 2.45) is 0 Å². The van der Waals surface area contributed by atoms with Crippen LogP contribution in [0.3, 0.4) is 0 Å². The molecule has 0 aliphatic carbocycles. The van der Waals surface area contributed by atoms with E-state index in [-0.39, 0.29) is 23.9 Å². The summed E-state index contributed by atoms with van der Waals surface area (Å²) < 4.78 is 37.5. The molecule has 178 valence electrons. The first kappa shape index (κ1) is 23.5. The third-order valence-corrected chi connectivity index (χ3v) is 6.64. The predicted molar refractivity (Wildman–Crippen MR) is 127 cm³/mol. The van der Waals surface area contributed by atoms with Gasteiger partial charge in [0.05, 0.1) is 24.8 Å². The van der Waals surface area contributed by atoms with Crippen molar-refractivity contribution in [2.45, 2.75) is 28.9 Å². The van der Waals surface area contributed by atoms with Gasteiger partial charge in [-0.1, -0.05) is 23.4 Å². The van der Waals surface area contributed by atoms with Crippen LogP contribution in [0.4, 0.5) is 8.78 Å². The lowest BCUT2D eigenvalue weighted by molar-refractivity contribution is -0.00893. The van der Waals surface area contributed by atoms with Gasteiger partial charge in [0.25, 0.3) is 5.22 Å². The first-order valence-electron chi connectivity index (χ1n) is 10.1. The summed E-state index contributed by atoms with van der Waals surface area (Å²) in [7, 11) is 0. The summed E-state index contributed by atoms with van der Waals surface area (Å²) in [5.41, 5.74) is -1.13. The second-order valence-electron chi connectivity index (χ2n) is 7.46. The monoisotopic (exact) mass is 608 g/mol. The first-order chi connectivity index (χ1) is 16.9. The molecule has 0 aliphatic heterocycles. The number of rotatable bonds is 8. The molecule has 0 fully saturated rings. The molecule has 35 heavy (non-hydrogen) atoms. The molecule has 0 amide bonds. The SMILES string of the molecule is OC(Cn1cncn1)(Cn1cc(Sc2nnc(-c3ccccc3I)o2)nn1)c1ccc(F)cc1F. The minimum Gasteiger partial charge on any atom is -0.411 e. The van der Waals surface area contributed by atoms with E-state index in [2.05, 4.69) is 53.2 Å². The Morgan fingerprint density at radius 3 is 2.66 bits per heavy atom. The Kier molecular flexibility index (Phi) is 6.57. The van der Waals surface area contributed by atoms with Gasteiger partial charge in [0.15, 0.2) is 0 Å². The summed E-state index contributed by atoms with van der Waals surface area (Å²) in [5.74, 6) is -1.27. The van der Waals surface area contributed by atoms with Crippen molar-refractivity contribution in [2.75, 3.05) is 0 Å². The quantitative estimate of drug-likeness (QED) is 0.264. The third-order valence-electron chi connectivity index (χ3n) is 4.97. The van der Waals surface area contributed by atoms with Crippen LogP contribution in [0.2, 0.25) is 0 Å². The molecule has 10 nitrogen and oxygen atoms in total. The summed E-state index contributed by atoms with van der Waals surface area (Å²) in [6.45, 7) is -0.346. The lowest BCUT2D eigenvalue weighted by Gasteiger charge is -2.28. The van der Waals surface area contributed by atoms with Crippen molar-refractivity contribution in [3.63, 3.8) is 0 Å². The van der Waals surface area contributed by atoms with Crippen LogP contribution in [-0.2, 0) is 18.7 Å². The maximum Gasteiger partial charge on any atom is 0.283 e. The molecule has 0 bridgehead atoms. The standard InChI is InChI=1S/C21H15F2IN8O2S/c22-13-5-6-15(16(23)7-13)21(33,10-32-12-25-11-26-32)9-31-8-18(27-30-31)35-20-29-28-19(34-20)14-3-1-2-4-17(14)24/h1-8,11-12,33H,9-10H2. The van der Waals surface area contributed by atoms with Crippen LogP contribution in [0, 0.1) is 15.2 Å². The molecule has 3 heterocycles. The van der Waals surface area contributed by atoms with Gasteiger partial charge < -0.3 is 9.52 Å². The van der Waals surface area contributed by atoms with E-state index in [9.17, 15) is 13.9 Å². The van der Waals surface area contributed by atoms with E-state index in [0.717, 1.165) is 27.0 Å². The highest BCUT2D eigenvalue weighted by atomic mass is 127. The third kappa shape index (κ3) is 5.23. The molecule has 1 N–H and O–H groups in total. The van der Waals surface area contributed by atoms with Crippen molar-refractivity contribution in [1.29, 1.82) is 0 Å². The Balaban J connectivity index is 1.37. The molecule has 3 aromatic heterocycles. The molecule has 0 saturated carbocycles. The van der Waals surface area contributed by atoms with E-state index in [1.165, 1.54) is 28.1 Å². The summed E-state index contributed by atoms with van der Waals surface area (Å²) in [6.07, 6.45) is 4.23. The summed E-state index contributed by atoms with van der Waals surface area (Å²) in [5, 5.41) is 32.3. The van der Waals surface area contributed by atoms with Gasteiger partial charge in [-0.3, -0.25) is 0 Å². The fourth-order valence-electron chi connectivity index (χ4n) is 3.43. The van der Waals surface area contributed by atoms with Gasteiger partial charge in [-0.05, 0) is 52.6 Å². The molecule has 5 aromatic rings. The average molecular weight is 608 g/mol. The van der Waals surface area contributed by atoms with E-state index >= 15 is 0 Å². The van der Waals surface area contributed by atoms with Gasteiger partial charge in [-0.2, -0.15) is 5.10 Å². The van der Waals surface area contributed by atoms with Gasteiger partial charge in [-0.25, -0.2) is 23.1 Å². The van der Waals surface area contributed by atoms with E-state index in [0.29, 0.717) is 17.0 Å². The first-order valence-corrected chi connectivity index (χ1v) is 12.0. The van der Waals surface area contributed by atoms with Crippen LogP contribution in [0.15, 0.2) is 76.0 Å². The van der Waals surface area contributed by atoms with E-state index in [1.54, 1.807) is 6.20 Å². The van der Waals surface area contributed by atoms with Crippen LogP contribution in [0.25, 0.3) is 11.5 Å². The second-order valence-corrected chi connectivity index (χ2v) is 9.59. The van der Waals surface area contributed by atoms with Gasteiger partial charge in [0.2, 0.25) is 5.89 Å². The van der Waals surface area contributed by atoms with Crippen LogP contribution in [0.1, 0.15) is 5.56 Å². The highest BCUT2D eigenvalue weighted by Crippen LogP contribution is 2.31. The lowest BCUT2D eigenvalue weighted by Crippen LogP contribution is -2.37. The molecule has 0 aliphatic rings. The zero-order valence-electron chi connectivity index (χ0n) is 17.7. The number of hydrogen-bond donors (Lipinski definition) is 1. The molecule has 2 aromatic carbocycles. The Bertz CT molecular complexity index is 1460. The minimum absolute atomic E-state index is 0.113. The minimum atomic E-state index is -1.83. The van der Waals surface area contributed by atoms with Gasteiger partial charge in [-0.15, -0.1) is 15.3 Å². The van der Waals surface area contributed by atoms with Gasteiger partial charge in [0.1, 0.15) is 34.9 Å². The predicted octanol–water partition coefficient (Wildman–Crippen LogP) is 3.54. The highest BCUT2D eigenvalue weighted by Gasteiger charge is 2.35. The van der Waals surface area contributed by atoms with Crippen LogP contribution in [-0.4, -0.2) is 45.1 Å². The number of benzene rings is 2. The second kappa shape index (κ2) is 9.79. The molecule has 1 atom stereocenters. The fraction of sp³-hybridized carbons (Fsp3) is 0.143. The summed E-state index contributed by atoms with van der Waals surface area (Å²) in [4.78, 5) is 3.85. The van der Waals surface area contributed by atoms with Crippen molar-refractivity contribution >= 4 is 34.4 Å². The number of aromatic nitrogens is 8. The Morgan fingerprint density at radius 2 is 1.89 bits per heavy atom. The van der Waals surface area contributed by atoms with Crippen LogP contribution < -0.4 is 0 Å². The number of hydrogen-bond acceptors (Lipinski definition) is 9. The summed E-state index contributed by atoms with van der Waals surface area (Å²) >= 11 is 3.28. The van der Waals surface area contributed by atoms with Crippen LogP contribution >= 0.6 is 34.4 Å². The van der Waals surface area contributed by atoms with E-state index in [1.807, 2.05) is 24.3 Å². The molecular formula is C21H15F2IN8O2S. The van der Waals surface area contributed by atoms with E-state index in [4.69, 9.17) is 4.42 Å². The number of halogens is 3. The molecule has 0 saturated heterocycles. The van der Waals surface area contributed by atoms with Crippen LogP contribution in [0.5, 0.6) is 0 Å². The van der Waals surface area contributed by atoms with Crippen molar-refractivity contribution in [3.8, 4) is 11.5 Å². The molecule has 5 rings (SSSR count). The molecule has 0 radical (unpaired) electrons. The van der Waals surface area contributed by atoms with E-state index < -0.39 is 17.2 Å². The summed E-state index contributed by atoms with van der Waals surface area (Å²) in [6, 6.07) is 10.6. The fourth-order valence-corrected chi connectivity index (χ4v) is 4.68. The number of aliphatic hydroxyl groups is 1. The highest BCUT2D eigenvalue weighted by molar-refractivity contribution is 14.1. The maximum atomic E-state index is 14.6. The normalized spacial score (nSPS) is 13.1. The zero-order valence-corrected chi connectivity index (χ0v) is 20.6. The molecule has 14 heteroatoms. The molecule has 0 spiro atoms. The topological polar surface area (TPSA) is 121 Å². The van der Waals surface area contributed by atoms with Crippen molar-refractivity contribution < 1.29 is 18.3 Å². The molecular weight excluding hydrogens is 593 g/mol. The largest absolute Gasteiger partial charge is 0.411 e. The van der Waals surface area contributed by atoms with Gasteiger partial charge in [0, 0.05) is 15.2 Å². The van der Waals surface area contributed by atoms with Crippen molar-refractivity contribution in [1.82, 2.24) is 40.0 Å². The smallest absolute Gasteiger partial charge is 0.283 e.